The molecule has 1 N–H and O–H groups in total. The molecule has 0 aliphatic carbocycles. The van der Waals surface area contributed by atoms with Gasteiger partial charge in [0.25, 0.3) is 0 Å². The smallest absolute Gasteiger partial charge is 0.00674 e. The Labute approximate surface area is 95.4 Å². The topological polar surface area (TPSA) is 15.3 Å². The van der Waals surface area contributed by atoms with Crippen molar-refractivity contribution in [2.24, 2.45) is 0 Å². The van der Waals surface area contributed by atoms with E-state index in [-0.39, 0.29) is 0 Å². The van der Waals surface area contributed by atoms with Crippen LogP contribution in [-0.2, 0) is 0 Å². The molecule has 2 nitrogen and oxygen atoms in total. The Morgan fingerprint density at radius 3 is 2.40 bits per heavy atom. The minimum absolute atomic E-state index is 0.793. The summed E-state index contributed by atoms with van der Waals surface area (Å²) >= 11 is 0. The van der Waals surface area contributed by atoms with E-state index in [1.807, 2.05) is 0 Å². The predicted molar refractivity (Wildman–Crippen MR) is 67.3 cm³/mol. The molecule has 2 heteroatoms. The number of hydrogen-bond donors (Lipinski definition) is 1. The number of hydrogen-bond acceptors (Lipinski definition) is 2. The van der Waals surface area contributed by atoms with Gasteiger partial charge in [-0.1, -0.05) is 19.8 Å². The van der Waals surface area contributed by atoms with E-state index in [0.717, 1.165) is 12.6 Å². The van der Waals surface area contributed by atoms with E-state index in [4.69, 9.17) is 0 Å². The van der Waals surface area contributed by atoms with Crippen LogP contribution in [0.4, 0.5) is 0 Å². The van der Waals surface area contributed by atoms with Crippen LogP contribution in [0, 0.1) is 0 Å². The van der Waals surface area contributed by atoms with Crippen LogP contribution >= 0.6 is 0 Å². The summed E-state index contributed by atoms with van der Waals surface area (Å²) in [4.78, 5) is 2.69. The van der Waals surface area contributed by atoms with E-state index in [1.54, 1.807) is 0 Å². The Balaban J connectivity index is 2.11. The second-order valence-electron chi connectivity index (χ2n) is 4.79. The summed E-state index contributed by atoms with van der Waals surface area (Å²) in [7, 11) is 0. The van der Waals surface area contributed by atoms with Crippen LogP contribution in [-0.4, -0.2) is 37.1 Å². The highest BCUT2D eigenvalue weighted by atomic mass is 15.1. The first kappa shape index (κ1) is 13.0. The standard InChI is InChI=1S/C13H28N2/c1-3-14-10-8-9-13(2)15-11-6-4-5-7-12-15/h13-14H,3-12H2,1-2H3. The summed E-state index contributed by atoms with van der Waals surface area (Å²) in [5.74, 6) is 0. The Bertz CT molecular complexity index is 139. The first-order valence-electron chi connectivity index (χ1n) is 6.79. The van der Waals surface area contributed by atoms with Gasteiger partial charge in [0.05, 0.1) is 0 Å². The molecule has 1 aliphatic heterocycles. The van der Waals surface area contributed by atoms with Gasteiger partial charge in [0.2, 0.25) is 0 Å². The molecule has 0 saturated carbocycles. The van der Waals surface area contributed by atoms with Gasteiger partial charge < -0.3 is 10.2 Å². The lowest BCUT2D eigenvalue weighted by Gasteiger charge is -2.27. The van der Waals surface area contributed by atoms with Crippen molar-refractivity contribution in [3.63, 3.8) is 0 Å². The molecular weight excluding hydrogens is 184 g/mol. The van der Waals surface area contributed by atoms with Crippen LogP contribution in [0.25, 0.3) is 0 Å². The van der Waals surface area contributed by atoms with Crippen LogP contribution in [0.2, 0.25) is 0 Å². The molecule has 0 radical (unpaired) electrons. The summed E-state index contributed by atoms with van der Waals surface area (Å²) in [6.45, 7) is 9.55. The Morgan fingerprint density at radius 2 is 1.80 bits per heavy atom. The summed E-state index contributed by atoms with van der Waals surface area (Å²) in [6.07, 6.45) is 8.40. The molecule has 0 amide bonds. The zero-order valence-corrected chi connectivity index (χ0v) is 10.6. The number of nitrogens with zero attached hydrogens (tertiary/aromatic N) is 1. The maximum absolute atomic E-state index is 3.40. The molecule has 15 heavy (non-hydrogen) atoms. The van der Waals surface area contributed by atoms with Crippen molar-refractivity contribution in [2.45, 2.75) is 58.4 Å². The molecule has 1 fully saturated rings. The highest BCUT2D eigenvalue weighted by Crippen LogP contribution is 2.14. The average molecular weight is 212 g/mol. The molecule has 0 bridgehead atoms. The molecule has 90 valence electrons. The van der Waals surface area contributed by atoms with Gasteiger partial charge in [-0.2, -0.15) is 0 Å². The molecule has 1 aliphatic rings. The quantitative estimate of drug-likeness (QED) is 0.681. The molecule has 1 unspecified atom stereocenters. The normalized spacial score (nSPS) is 21.2. The van der Waals surface area contributed by atoms with Crippen molar-refractivity contribution >= 4 is 0 Å². The van der Waals surface area contributed by atoms with Gasteiger partial charge in [-0.3, -0.25) is 0 Å². The third-order valence-corrected chi connectivity index (χ3v) is 3.49. The maximum Gasteiger partial charge on any atom is 0.00674 e. The van der Waals surface area contributed by atoms with Crippen molar-refractivity contribution in [3.05, 3.63) is 0 Å². The fourth-order valence-electron chi connectivity index (χ4n) is 2.42. The minimum atomic E-state index is 0.793. The van der Waals surface area contributed by atoms with Crippen molar-refractivity contribution in [2.75, 3.05) is 26.2 Å². The molecule has 0 spiro atoms. The highest BCUT2D eigenvalue weighted by molar-refractivity contribution is 4.70. The lowest BCUT2D eigenvalue weighted by atomic mass is 10.1. The van der Waals surface area contributed by atoms with Crippen LogP contribution in [0.1, 0.15) is 52.4 Å². The van der Waals surface area contributed by atoms with Crippen molar-refractivity contribution in [1.29, 1.82) is 0 Å². The molecule has 1 rings (SSSR count). The number of nitrogens with one attached hydrogen (secondary N) is 1. The Morgan fingerprint density at radius 1 is 1.13 bits per heavy atom. The van der Waals surface area contributed by atoms with E-state index in [9.17, 15) is 0 Å². The Hall–Kier alpha value is -0.0800. The minimum Gasteiger partial charge on any atom is -0.317 e. The molecular formula is C13H28N2. The maximum atomic E-state index is 3.40. The van der Waals surface area contributed by atoms with E-state index in [0.29, 0.717) is 0 Å². The summed E-state index contributed by atoms with van der Waals surface area (Å²) in [5.41, 5.74) is 0. The SMILES string of the molecule is CCNCCCC(C)N1CCCCCC1. The van der Waals surface area contributed by atoms with Gasteiger partial charge in [0, 0.05) is 6.04 Å². The fraction of sp³-hybridized carbons (Fsp3) is 1.00. The summed E-state index contributed by atoms with van der Waals surface area (Å²) < 4.78 is 0. The lowest BCUT2D eigenvalue weighted by Crippen LogP contribution is -2.34. The molecule has 0 aromatic rings. The molecule has 0 aromatic heterocycles. The van der Waals surface area contributed by atoms with E-state index < -0.39 is 0 Å². The second-order valence-corrected chi connectivity index (χ2v) is 4.79. The van der Waals surface area contributed by atoms with Crippen LogP contribution < -0.4 is 5.32 Å². The number of likely N-dealkylation sites (tertiary alicyclic amines) is 1. The molecule has 1 heterocycles. The molecule has 0 aromatic carbocycles. The third-order valence-electron chi connectivity index (χ3n) is 3.49. The van der Waals surface area contributed by atoms with E-state index in [1.165, 1.54) is 58.2 Å². The van der Waals surface area contributed by atoms with Gasteiger partial charge in [0.1, 0.15) is 0 Å². The van der Waals surface area contributed by atoms with E-state index in [2.05, 4.69) is 24.1 Å². The van der Waals surface area contributed by atoms with Crippen LogP contribution in [0.15, 0.2) is 0 Å². The van der Waals surface area contributed by atoms with Crippen molar-refractivity contribution < 1.29 is 0 Å². The van der Waals surface area contributed by atoms with Gasteiger partial charge in [0.15, 0.2) is 0 Å². The van der Waals surface area contributed by atoms with Gasteiger partial charge in [-0.15, -0.1) is 0 Å². The molecule has 1 atom stereocenters. The zero-order valence-electron chi connectivity index (χ0n) is 10.6. The van der Waals surface area contributed by atoms with Crippen molar-refractivity contribution in [1.82, 2.24) is 10.2 Å². The highest BCUT2D eigenvalue weighted by Gasteiger charge is 2.14. The second kappa shape index (κ2) is 8.12. The van der Waals surface area contributed by atoms with Gasteiger partial charge >= 0.3 is 0 Å². The van der Waals surface area contributed by atoms with Crippen molar-refractivity contribution in [3.8, 4) is 0 Å². The van der Waals surface area contributed by atoms with E-state index >= 15 is 0 Å². The Kier molecular flexibility index (Phi) is 7.03. The third kappa shape index (κ3) is 5.53. The predicted octanol–water partition coefficient (Wildman–Crippen LogP) is 2.64. The van der Waals surface area contributed by atoms with Crippen LogP contribution in [0.3, 0.4) is 0 Å². The van der Waals surface area contributed by atoms with Gasteiger partial charge in [-0.25, -0.2) is 0 Å². The fourth-order valence-corrected chi connectivity index (χ4v) is 2.42. The summed E-state index contributed by atoms with van der Waals surface area (Å²) in [5, 5.41) is 3.40. The zero-order chi connectivity index (χ0) is 10.9. The van der Waals surface area contributed by atoms with Crippen LogP contribution in [0.5, 0.6) is 0 Å². The monoisotopic (exact) mass is 212 g/mol. The average Bonchev–Trinajstić information content (AvgIpc) is 2.52. The number of rotatable bonds is 6. The van der Waals surface area contributed by atoms with Gasteiger partial charge in [-0.05, 0) is 58.8 Å². The summed E-state index contributed by atoms with van der Waals surface area (Å²) in [6, 6.07) is 0.793. The lowest BCUT2D eigenvalue weighted by molar-refractivity contribution is 0.204. The first-order chi connectivity index (χ1) is 7.34. The molecule has 1 saturated heterocycles. The largest absolute Gasteiger partial charge is 0.317 e. The first-order valence-corrected chi connectivity index (χ1v) is 6.79.